The molecule has 5 heteroatoms. The number of halogens is 1. The van der Waals surface area contributed by atoms with E-state index in [-0.39, 0.29) is 23.6 Å². The molecular weight excluding hydrogens is 297 g/mol. The number of rotatable bonds is 2. The number of Topliss-reactive ketones (excluding diaryl/α,β-unsaturated/α-hetero) is 1. The van der Waals surface area contributed by atoms with E-state index in [1.165, 1.54) is 12.1 Å². The van der Waals surface area contributed by atoms with Crippen LogP contribution in [-0.2, 0) is 16.0 Å². The number of benzene rings is 1. The molecule has 0 aromatic heterocycles. The highest BCUT2D eigenvalue weighted by Gasteiger charge is 2.32. The van der Waals surface area contributed by atoms with Crippen molar-refractivity contribution in [2.75, 3.05) is 13.1 Å². The number of piperidine rings is 1. The molecule has 0 saturated carbocycles. The summed E-state index contributed by atoms with van der Waals surface area (Å²) in [7, 11) is 0. The molecule has 0 N–H and O–H groups in total. The highest BCUT2D eigenvalue weighted by atomic mass is 19.1. The second-order valence-corrected chi connectivity index (χ2v) is 7.11. The molecule has 1 heterocycles. The van der Waals surface area contributed by atoms with E-state index in [0.29, 0.717) is 25.9 Å². The molecule has 0 spiro atoms. The van der Waals surface area contributed by atoms with Gasteiger partial charge in [-0.1, -0.05) is 6.07 Å². The maximum Gasteiger partial charge on any atom is 0.410 e. The molecule has 1 saturated heterocycles. The van der Waals surface area contributed by atoms with Crippen molar-refractivity contribution in [1.29, 1.82) is 0 Å². The van der Waals surface area contributed by atoms with Crippen LogP contribution < -0.4 is 0 Å². The Hall–Kier alpha value is -1.91. The molecule has 0 aliphatic carbocycles. The smallest absolute Gasteiger partial charge is 0.410 e. The first kappa shape index (κ1) is 17.4. The Kier molecular flexibility index (Phi) is 5.07. The molecule has 23 heavy (non-hydrogen) atoms. The molecule has 1 amide bonds. The molecule has 0 radical (unpaired) electrons. The van der Waals surface area contributed by atoms with E-state index in [2.05, 4.69) is 0 Å². The van der Waals surface area contributed by atoms with Gasteiger partial charge in [0.2, 0.25) is 0 Å². The van der Waals surface area contributed by atoms with Crippen LogP contribution >= 0.6 is 0 Å². The van der Waals surface area contributed by atoms with E-state index in [1.54, 1.807) is 11.0 Å². The normalized spacial score (nSPS) is 18.9. The monoisotopic (exact) mass is 321 g/mol. The van der Waals surface area contributed by atoms with Crippen LogP contribution in [0.4, 0.5) is 9.18 Å². The van der Waals surface area contributed by atoms with Crippen LogP contribution in [0.3, 0.4) is 0 Å². The number of likely N-dealkylation sites (tertiary alicyclic amines) is 1. The quantitative estimate of drug-likeness (QED) is 0.837. The summed E-state index contributed by atoms with van der Waals surface area (Å²) in [4.78, 5) is 25.9. The second kappa shape index (κ2) is 6.69. The van der Waals surface area contributed by atoms with Crippen molar-refractivity contribution in [2.24, 2.45) is 5.92 Å². The van der Waals surface area contributed by atoms with Gasteiger partial charge in [-0.3, -0.25) is 4.79 Å². The Balaban J connectivity index is 2.06. The van der Waals surface area contributed by atoms with Crippen molar-refractivity contribution >= 4 is 11.9 Å². The van der Waals surface area contributed by atoms with Gasteiger partial charge in [0.1, 0.15) is 17.2 Å². The average molecular weight is 321 g/mol. The highest BCUT2D eigenvalue weighted by molar-refractivity contribution is 5.84. The van der Waals surface area contributed by atoms with Gasteiger partial charge in [-0.05, 0) is 57.4 Å². The molecule has 4 nitrogen and oxygen atoms in total. The number of amides is 1. The summed E-state index contributed by atoms with van der Waals surface area (Å²) in [5.74, 6) is -0.398. The van der Waals surface area contributed by atoms with E-state index in [4.69, 9.17) is 4.74 Å². The lowest BCUT2D eigenvalue weighted by molar-refractivity contribution is -0.125. The fourth-order valence-corrected chi connectivity index (χ4v) is 2.73. The van der Waals surface area contributed by atoms with Gasteiger partial charge in [-0.25, -0.2) is 9.18 Å². The summed E-state index contributed by atoms with van der Waals surface area (Å²) in [5.41, 5.74) is 1.21. The summed E-state index contributed by atoms with van der Waals surface area (Å²) in [6.07, 6.45) is 0.472. The molecule has 1 aliphatic heterocycles. The van der Waals surface area contributed by atoms with Crippen molar-refractivity contribution in [1.82, 2.24) is 4.90 Å². The van der Waals surface area contributed by atoms with Gasteiger partial charge in [0.15, 0.2) is 0 Å². The third-order valence-corrected chi connectivity index (χ3v) is 3.95. The van der Waals surface area contributed by atoms with Gasteiger partial charge in [0.05, 0.1) is 0 Å². The second-order valence-electron chi connectivity index (χ2n) is 7.11. The van der Waals surface area contributed by atoms with Crippen LogP contribution in [0.2, 0.25) is 0 Å². The zero-order valence-corrected chi connectivity index (χ0v) is 14.2. The van der Waals surface area contributed by atoms with Gasteiger partial charge in [0.25, 0.3) is 0 Å². The van der Waals surface area contributed by atoms with Crippen LogP contribution in [0.1, 0.15) is 38.3 Å². The summed E-state index contributed by atoms with van der Waals surface area (Å²) in [5, 5.41) is 0. The summed E-state index contributed by atoms with van der Waals surface area (Å²) in [6, 6.07) is 4.58. The lowest BCUT2D eigenvalue weighted by Gasteiger charge is -2.33. The molecule has 1 aromatic rings. The number of ether oxygens (including phenoxy) is 1. The van der Waals surface area contributed by atoms with Crippen molar-refractivity contribution in [3.8, 4) is 0 Å². The third kappa shape index (κ3) is 4.78. The maximum absolute atomic E-state index is 13.2. The van der Waals surface area contributed by atoms with Crippen molar-refractivity contribution < 1.29 is 18.7 Å². The molecule has 1 unspecified atom stereocenters. The third-order valence-electron chi connectivity index (χ3n) is 3.95. The van der Waals surface area contributed by atoms with Crippen LogP contribution in [0.25, 0.3) is 0 Å². The Bertz CT molecular complexity index is 607. The van der Waals surface area contributed by atoms with Crippen LogP contribution in [0.5, 0.6) is 0 Å². The molecule has 1 atom stereocenters. The number of carbonyl (C=O) groups is 2. The Labute approximate surface area is 136 Å². The number of nitrogens with zero attached hydrogens (tertiary/aromatic N) is 1. The van der Waals surface area contributed by atoms with Crippen molar-refractivity contribution in [3.63, 3.8) is 0 Å². The van der Waals surface area contributed by atoms with E-state index in [9.17, 15) is 14.0 Å². The van der Waals surface area contributed by atoms with Gasteiger partial charge in [-0.2, -0.15) is 0 Å². The van der Waals surface area contributed by atoms with Gasteiger partial charge < -0.3 is 9.64 Å². The molecule has 2 rings (SSSR count). The summed E-state index contributed by atoms with van der Waals surface area (Å²) < 4.78 is 18.6. The molecule has 0 bridgehead atoms. The van der Waals surface area contributed by atoms with Crippen molar-refractivity contribution in [3.05, 3.63) is 35.1 Å². The molecule has 126 valence electrons. The zero-order valence-electron chi connectivity index (χ0n) is 14.2. The van der Waals surface area contributed by atoms with Gasteiger partial charge in [0, 0.05) is 25.4 Å². The maximum atomic E-state index is 13.2. The Morgan fingerprint density at radius 1 is 1.39 bits per heavy atom. The minimum Gasteiger partial charge on any atom is -0.444 e. The molecule has 1 aromatic carbocycles. The molecular formula is C18H24FNO3. The fourth-order valence-electron chi connectivity index (χ4n) is 2.73. The number of carbonyl (C=O) groups excluding carboxylic acids is 2. The van der Waals surface area contributed by atoms with Crippen molar-refractivity contribution in [2.45, 2.75) is 46.1 Å². The predicted octanol–water partition coefficient (Wildman–Crippen LogP) is 3.50. The average Bonchev–Trinajstić information content (AvgIpc) is 2.42. The number of hydrogen-bond acceptors (Lipinski definition) is 3. The number of ketones is 1. The largest absolute Gasteiger partial charge is 0.444 e. The van der Waals surface area contributed by atoms with E-state index in [1.807, 2.05) is 27.7 Å². The van der Waals surface area contributed by atoms with Crippen LogP contribution in [0, 0.1) is 18.7 Å². The summed E-state index contributed by atoms with van der Waals surface area (Å²) >= 11 is 0. The first-order valence-electron chi connectivity index (χ1n) is 7.91. The minimum absolute atomic E-state index is 0.147. The highest BCUT2D eigenvalue weighted by Crippen LogP contribution is 2.22. The van der Waals surface area contributed by atoms with Crippen LogP contribution in [-0.4, -0.2) is 35.5 Å². The lowest BCUT2D eigenvalue weighted by atomic mass is 9.88. The molecule has 1 aliphatic rings. The molecule has 1 fully saturated rings. The van der Waals surface area contributed by atoms with Gasteiger partial charge >= 0.3 is 6.09 Å². The SMILES string of the molecule is Cc1cc(F)ccc1CC1CN(C(=O)OC(C)(C)C)CCC1=O. The topological polar surface area (TPSA) is 46.6 Å². The van der Waals surface area contributed by atoms with E-state index < -0.39 is 5.60 Å². The Morgan fingerprint density at radius 2 is 2.09 bits per heavy atom. The van der Waals surface area contributed by atoms with E-state index in [0.717, 1.165) is 11.1 Å². The predicted molar refractivity (Wildman–Crippen MR) is 85.8 cm³/mol. The minimum atomic E-state index is -0.554. The summed E-state index contributed by atoms with van der Waals surface area (Å²) in [6.45, 7) is 8.03. The van der Waals surface area contributed by atoms with E-state index >= 15 is 0 Å². The van der Waals surface area contributed by atoms with Gasteiger partial charge in [-0.15, -0.1) is 0 Å². The zero-order chi connectivity index (χ0) is 17.2. The first-order valence-corrected chi connectivity index (χ1v) is 7.91. The first-order chi connectivity index (χ1) is 10.7. The number of hydrogen-bond donors (Lipinski definition) is 0. The standard InChI is InChI=1S/C18H24FNO3/c1-12-9-15(19)6-5-13(12)10-14-11-20(8-7-16(14)21)17(22)23-18(2,3)4/h5-6,9,14H,7-8,10-11H2,1-4H3. The fraction of sp³-hybridized carbons (Fsp3) is 0.556. The van der Waals surface area contributed by atoms with Crippen LogP contribution in [0.15, 0.2) is 18.2 Å². The Morgan fingerprint density at radius 3 is 2.70 bits per heavy atom. The lowest BCUT2D eigenvalue weighted by Crippen LogP contribution is -2.46. The number of aryl methyl sites for hydroxylation is 1.